The number of ether oxygens (including phenoxy) is 1. The minimum Gasteiger partial charge on any atom is -0.469 e. The number of nitriles is 1. The molecule has 1 aromatic rings. The molecule has 1 aliphatic rings. The Balaban J connectivity index is 2.68. The molecule has 26 heavy (non-hydrogen) atoms. The molecule has 0 aromatic heterocycles. The maximum atomic E-state index is 12.2. The zero-order valence-electron chi connectivity index (χ0n) is 15.7. The van der Waals surface area contributed by atoms with Crippen molar-refractivity contribution in [3.8, 4) is 6.07 Å². The standard InChI is InChI=1S/C19H25Cl2NO3Si/c1-24-17(23)12-19(13-22,25-26(2,3)4)18(9-5-6-10-18)14-7-8-15(20)16(21)11-14/h7-8,11H,5-6,9-10,12H2,1-4H3/t19-/m1/s1. The molecule has 0 N–H and O–H groups in total. The van der Waals surface area contributed by atoms with Crippen molar-refractivity contribution >= 4 is 37.5 Å². The Kier molecular flexibility index (Phi) is 6.45. The van der Waals surface area contributed by atoms with Crippen molar-refractivity contribution < 1.29 is 14.0 Å². The molecule has 0 saturated heterocycles. The predicted molar refractivity (Wildman–Crippen MR) is 106 cm³/mol. The highest BCUT2D eigenvalue weighted by molar-refractivity contribution is 6.69. The fraction of sp³-hybridized carbons (Fsp3) is 0.579. The Hall–Kier alpha value is -1.06. The number of carbonyl (C=O) groups excluding carboxylic acids is 1. The first kappa shape index (κ1) is 21.2. The number of hydrogen-bond donors (Lipinski definition) is 0. The number of esters is 1. The van der Waals surface area contributed by atoms with Gasteiger partial charge in [0.15, 0.2) is 13.9 Å². The Bertz CT molecular complexity index is 720. The van der Waals surface area contributed by atoms with Gasteiger partial charge >= 0.3 is 5.97 Å². The van der Waals surface area contributed by atoms with Gasteiger partial charge in [0, 0.05) is 5.41 Å². The van der Waals surface area contributed by atoms with Crippen LogP contribution in [0.4, 0.5) is 0 Å². The highest BCUT2D eigenvalue weighted by atomic mass is 35.5. The van der Waals surface area contributed by atoms with Crippen LogP contribution in [0.2, 0.25) is 29.7 Å². The van der Waals surface area contributed by atoms with Crippen LogP contribution in [-0.4, -0.2) is 27.0 Å². The van der Waals surface area contributed by atoms with Gasteiger partial charge in [-0.1, -0.05) is 42.1 Å². The zero-order valence-corrected chi connectivity index (χ0v) is 18.2. The molecular weight excluding hydrogens is 389 g/mol. The van der Waals surface area contributed by atoms with Gasteiger partial charge in [0.2, 0.25) is 0 Å². The summed E-state index contributed by atoms with van der Waals surface area (Å²) >= 11 is 12.4. The lowest BCUT2D eigenvalue weighted by molar-refractivity contribution is -0.146. The van der Waals surface area contributed by atoms with Crippen LogP contribution in [0.5, 0.6) is 0 Å². The van der Waals surface area contributed by atoms with Crippen molar-refractivity contribution in [3.63, 3.8) is 0 Å². The number of hydrogen-bond acceptors (Lipinski definition) is 4. The molecule has 1 atom stereocenters. The molecule has 0 amide bonds. The Morgan fingerprint density at radius 1 is 1.27 bits per heavy atom. The van der Waals surface area contributed by atoms with E-state index in [-0.39, 0.29) is 6.42 Å². The van der Waals surface area contributed by atoms with Gasteiger partial charge in [-0.05, 0) is 50.2 Å². The maximum absolute atomic E-state index is 12.2. The van der Waals surface area contributed by atoms with Crippen LogP contribution >= 0.6 is 23.2 Å². The summed E-state index contributed by atoms with van der Waals surface area (Å²) in [5.74, 6) is -0.448. The zero-order chi connectivity index (χ0) is 19.6. The third-order valence-corrected chi connectivity index (χ3v) is 6.68. The lowest BCUT2D eigenvalue weighted by Crippen LogP contribution is -2.56. The molecule has 1 aromatic carbocycles. The summed E-state index contributed by atoms with van der Waals surface area (Å²) in [6.07, 6.45) is 3.31. The third-order valence-electron chi connectivity index (χ3n) is 4.98. The molecule has 1 fully saturated rings. The van der Waals surface area contributed by atoms with Gasteiger partial charge in [0.1, 0.15) is 0 Å². The van der Waals surface area contributed by atoms with Gasteiger partial charge in [0.05, 0.1) is 29.6 Å². The van der Waals surface area contributed by atoms with Gasteiger partial charge in [-0.25, -0.2) is 0 Å². The molecule has 1 aliphatic carbocycles. The lowest BCUT2D eigenvalue weighted by Gasteiger charge is -2.47. The van der Waals surface area contributed by atoms with E-state index in [0.29, 0.717) is 10.0 Å². The fourth-order valence-corrected chi connectivity index (χ4v) is 5.63. The molecule has 0 heterocycles. The Labute approximate surface area is 166 Å². The van der Waals surface area contributed by atoms with Crippen molar-refractivity contribution in [3.05, 3.63) is 33.8 Å². The Morgan fingerprint density at radius 3 is 2.35 bits per heavy atom. The topological polar surface area (TPSA) is 59.3 Å². The van der Waals surface area contributed by atoms with E-state index in [1.54, 1.807) is 6.07 Å². The monoisotopic (exact) mass is 413 g/mol. The molecule has 0 spiro atoms. The van der Waals surface area contributed by atoms with E-state index in [1.165, 1.54) is 7.11 Å². The molecule has 7 heteroatoms. The Morgan fingerprint density at radius 2 is 1.88 bits per heavy atom. The molecule has 142 valence electrons. The molecule has 2 rings (SSSR count). The first-order chi connectivity index (χ1) is 12.1. The van der Waals surface area contributed by atoms with E-state index in [0.717, 1.165) is 31.2 Å². The second-order valence-electron chi connectivity index (χ2n) is 7.82. The van der Waals surface area contributed by atoms with Crippen molar-refractivity contribution in [2.75, 3.05) is 7.11 Å². The number of rotatable bonds is 6. The largest absolute Gasteiger partial charge is 0.469 e. The van der Waals surface area contributed by atoms with E-state index < -0.39 is 25.3 Å². The van der Waals surface area contributed by atoms with Crippen molar-refractivity contribution in [1.29, 1.82) is 5.26 Å². The van der Waals surface area contributed by atoms with E-state index in [9.17, 15) is 10.1 Å². The van der Waals surface area contributed by atoms with Crippen molar-refractivity contribution in [2.24, 2.45) is 0 Å². The summed E-state index contributed by atoms with van der Waals surface area (Å²) in [6, 6.07) is 7.84. The number of methoxy groups -OCH3 is 1. The molecule has 0 radical (unpaired) electrons. The SMILES string of the molecule is COC(=O)C[C@](C#N)(O[Si](C)(C)C)C1(c2ccc(Cl)c(Cl)c2)CCCC1. The van der Waals surface area contributed by atoms with Gasteiger partial charge in [-0.15, -0.1) is 0 Å². The van der Waals surface area contributed by atoms with Crippen LogP contribution in [0.1, 0.15) is 37.7 Å². The van der Waals surface area contributed by atoms with Crippen LogP contribution in [-0.2, 0) is 19.4 Å². The number of carbonyl (C=O) groups is 1. The van der Waals surface area contributed by atoms with Gasteiger partial charge in [-0.3, -0.25) is 4.79 Å². The minimum atomic E-state index is -2.15. The maximum Gasteiger partial charge on any atom is 0.309 e. The summed E-state index contributed by atoms with van der Waals surface area (Å²) < 4.78 is 11.4. The fourth-order valence-electron chi connectivity index (χ4n) is 3.97. The molecular formula is C19H25Cl2NO3Si. The van der Waals surface area contributed by atoms with E-state index in [2.05, 4.69) is 6.07 Å². The normalized spacial score (nSPS) is 18.8. The van der Waals surface area contributed by atoms with Crippen molar-refractivity contribution in [2.45, 2.75) is 62.8 Å². The number of benzene rings is 1. The first-order valence-corrected chi connectivity index (χ1v) is 12.9. The van der Waals surface area contributed by atoms with E-state index >= 15 is 0 Å². The van der Waals surface area contributed by atoms with Crippen LogP contribution in [0, 0.1) is 11.3 Å². The van der Waals surface area contributed by atoms with Gasteiger partial charge in [-0.2, -0.15) is 5.26 Å². The quantitative estimate of drug-likeness (QED) is 0.457. The summed E-state index contributed by atoms with van der Waals surface area (Å²) in [5.41, 5.74) is -1.02. The summed E-state index contributed by atoms with van der Waals surface area (Å²) in [4.78, 5) is 12.2. The minimum absolute atomic E-state index is 0.107. The smallest absolute Gasteiger partial charge is 0.309 e. The average molecular weight is 414 g/mol. The molecule has 1 saturated carbocycles. The summed E-state index contributed by atoms with van der Waals surface area (Å²) in [6.45, 7) is 6.07. The second kappa shape index (κ2) is 7.90. The first-order valence-electron chi connectivity index (χ1n) is 8.73. The number of halogens is 2. The molecule has 0 unspecified atom stereocenters. The second-order valence-corrected chi connectivity index (χ2v) is 13.1. The van der Waals surface area contributed by atoms with Gasteiger partial charge in [0.25, 0.3) is 0 Å². The molecule has 4 nitrogen and oxygen atoms in total. The van der Waals surface area contributed by atoms with E-state index in [1.807, 2.05) is 31.8 Å². The van der Waals surface area contributed by atoms with Crippen molar-refractivity contribution in [1.82, 2.24) is 0 Å². The highest BCUT2D eigenvalue weighted by Crippen LogP contribution is 2.53. The molecule has 0 aliphatic heterocycles. The number of nitrogens with zero attached hydrogens (tertiary/aromatic N) is 1. The van der Waals surface area contributed by atoms with E-state index in [4.69, 9.17) is 32.4 Å². The summed E-state index contributed by atoms with van der Waals surface area (Å²) in [7, 11) is -0.822. The summed E-state index contributed by atoms with van der Waals surface area (Å²) in [5, 5.41) is 11.2. The van der Waals surface area contributed by atoms with Crippen LogP contribution < -0.4 is 0 Å². The van der Waals surface area contributed by atoms with Crippen LogP contribution in [0.25, 0.3) is 0 Å². The van der Waals surface area contributed by atoms with Crippen LogP contribution in [0.15, 0.2) is 18.2 Å². The van der Waals surface area contributed by atoms with Crippen LogP contribution in [0.3, 0.4) is 0 Å². The van der Waals surface area contributed by atoms with Gasteiger partial charge < -0.3 is 9.16 Å². The predicted octanol–water partition coefficient (Wildman–Crippen LogP) is 5.48. The average Bonchev–Trinajstić information content (AvgIpc) is 3.06. The lowest BCUT2D eigenvalue weighted by atomic mass is 9.65. The molecule has 0 bridgehead atoms. The highest BCUT2D eigenvalue weighted by Gasteiger charge is 2.58. The third kappa shape index (κ3) is 4.09.